The van der Waals surface area contributed by atoms with E-state index in [4.69, 9.17) is 0 Å². The van der Waals surface area contributed by atoms with Gasteiger partial charge in [0.05, 0.1) is 0 Å². The number of hydrogen-bond acceptors (Lipinski definition) is 0. The first-order chi connectivity index (χ1) is 6.91. The molecule has 2 heteroatoms. The van der Waals surface area contributed by atoms with Crippen LogP contribution in [0.25, 0.3) is 0 Å². The van der Waals surface area contributed by atoms with Gasteiger partial charge in [-0.25, -0.2) is 0 Å². The predicted molar refractivity (Wildman–Crippen MR) is 74.6 cm³/mol. The number of alkyl halides is 1. The molecule has 0 aliphatic heterocycles. The van der Waals surface area contributed by atoms with Crippen molar-refractivity contribution >= 4 is 31.9 Å². The average molecular weight is 334 g/mol. The van der Waals surface area contributed by atoms with Gasteiger partial charge in [0, 0.05) is 9.30 Å². The van der Waals surface area contributed by atoms with Gasteiger partial charge in [-0.15, -0.1) is 0 Å². The van der Waals surface area contributed by atoms with E-state index in [1.165, 1.54) is 16.5 Å². The number of hydrogen-bond donors (Lipinski definition) is 0. The summed E-state index contributed by atoms with van der Waals surface area (Å²) in [5.74, 6) is 0. The molecule has 1 rings (SSSR count). The summed E-state index contributed by atoms with van der Waals surface area (Å²) >= 11 is 7.23. The van der Waals surface area contributed by atoms with E-state index >= 15 is 0 Å². The highest BCUT2D eigenvalue weighted by Gasteiger charge is 2.21. The average Bonchev–Trinajstić information content (AvgIpc) is 2.06. The third-order valence-corrected chi connectivity index (χ3v) is 3.56. The summed E-state index contributed by atoms with van der Waals surface area (Å²) < 4.78 is 1.22. The lowest BCUT2D eigenvalue weighted by Crippen LogP contribution is -2.18. The first kappa shape index (κ1) is 13.2. The molecule has 0 spiro atoms. The quantitative estimate of drug-likeness (QED) is 0.665. The Morgan fingerprint density at radius 1 is 1.27 bits per heavy atom. The highest BCUT2D eigenvalue weighted by Crippen LogP contribution is 2.32. The highest BCUT2D eigenvalue weighted by molar-refractivity contribution is 9.10. The summed E-state index contributed by atoms with van der Waals surface area (Å²) in [7, 11) is 0. The second-order valence-electron chi connectivity index (χ2n) is 4.92. The minimum atomic E-state index is 0.340. The van der Waals surface area contributed by atoms with Gasteiger partial charge in [0.1, 0.15) is 0 Å². The molecule has 0 saturated carbocycles. The lowest BCUT2D eigenvalue weighted by molar-refractivity contribution is 0.334. The van der Waals surface area contributed by atoms with Crippen molar-refractivity contribution in [3.8, 4) is 0 Å². The Morgan fingerprint density at radius 3 is 2.40 bits per heavy atom. The molecular formula is C13H18Br2. The van der Waals surface area contributed by atoms with Crippen LogP contribution in [0.2, 0.25) is 0 Å². The summed E-state index contributed by atoms with van der Waals surface area (Å²) in [4.78, 5) is 0.579. The Kier molecular flexibility index (Phi) is 4.85. The molecule has 0 bridgehead atoms. The summed E-state index contributed by atoms with van der Waals surface area (Å²) in [5, 5.41) is 0. The Morgan fingerprint density at radius 2 is 1.87 bits per heavy atom. The van der Waals surface area contributed by atoms with Gasteiger partial charge in [-0.2, -0.15) is 0 Å². The molecule has 0 amide bonds. The Balaban J connectivity index is 2.73. The minimum Gasteiger partial charge on any atom is -0.0893 e. The molecule has 0 aliphatic carbocycles. The summed E-state index contributed by atoms with van der Waals surface area (Å²) in [6, 6.07) is 8.48. The van der Waals surface area contributed by atoms with Gasteiger partial charge in [0.25, 0.3) is 0 Å². The summed E-state index contributed by atoms with van der Waals surface area (Å²) in [6.07, 6.45) is 2.30. The molecule has 1 aromatic rings. The molecule has 0 radical (unpaired) electrons. The number of benzene rings is 1. The monoisotopic (exact) mass is 332 g/mol. The molecular weight excluding hydrogens is 316 g/mol. The molecule has 0 nitrogen and oxygen atoms in total. The zero-order chi connectivity index (χ0) is 11.5. The molecule has 0 fully saturated rings. The van der Waals surface area contributed by atoms with Crippen LogP contribution in [-0.2, 0) is 6.42 Å². The molecule has 84 valence electrons. The van der Waals surface area contributed by atoms with E-state index < -0.39 is 0 Å². The fraction of sp³-hybridized carbons (Fsp3) is 0.538. The van der Waals surface area contributed by atoms with E-state index in [2.05, 4.69) is 76.9 Å². The Hall–Kier alpha value is 0.180. The Bertz CT molecular complexity index is 316. The standard InChI is InChI=1S/C13H18Br2/c1-10(14)8-13(2,3)9-11-6-4-5-7-12(11)15/h4-7,10H,8-9H2,1-3H3. The van der Waals surface area contributed by atoms with Crippen LogP contribution in [0.4, 0.5) is 0 Å². The van der Waals surface area contributed by atoms with Crippen LogP contribution in [-0.4, -0.2) is 4.83 Å². The molecule has 0 saturated heterocycles. The van der Waals surface area contributed by atoms with Crippen molar-refractivity contribution in [3.63, 3.8) is 0 Å². The van der Waals surface area contributed by atoms with E-state index in [0.29, 0.717) is 10.2 Å². The van der Waals surface area contributed by atoms with Gasteiger partial charge in [0.15, 0.2) is 0 Å². The molecule has 0 heterocycles. The van der Waals surface area contributed by atoms with E-state index in [1.54, 1.807) is 0 Å². The highest BCUT2D eigenvalue weighted by atomic mass is 79.9. The maximum absolute atomic E-state index is 3.63. The van der Waals surface area contributed by atoms with Crippen LogP contribution in [0.15, 0.2) is 28.7 Å². The lowest BCUT2D eigenvalue weighted by atomic mass is 9.82. The maximum atomic E-state index is 3.63. The lowest BCUT2D eigenvalue weighted by Gasteiger charge is -2.26. The third kappa shape index (κ3) is 4.69. The van der Waals surface area contributed by atoms with Crippen molar-refractivity contribution in [2.75, 3.05) is 0 Å². The third-order valence-electron chi connectivity index (χ3n) is 2.46. The Labute approximate surface area is 110 Å². The fourth-order valence-corrected chi connectivity index (χ4v) is 3.29. The summed E-state index contributed by atoms with van der Waals surface area (Å²) in [5.41, 5.74) is 1.74. The zero-order valence-corrected chi connectivity index (χ0v) is 12.7. The van der Waals surface area contributed by atoms with Crippen LogP contribution in [0, 0.1) is 5.41 Å². The van der Waals surface area contributed by atoms with E-state index in [9.17, 15) is 0 Å². The van der Waals surface area contributed by atoms with Crippen LogP contribution in [0.5, 0.6) is 0 Å². The molecule has 0 aliphatic rings. The van der Waals surface area contributed by atoms with Gasteiger partial charge in [0.2, 0.25) is 0 Å². The van der Waals surface area contributed by atoms with Crippen LogP contribution in [0.1, 0.15) is 32.8 Å². The number of halogens is 2. The van der Waals surface area contributed by atoms with Crippen LogP contribution >= 0.6 is 31.9 Å². The van der Waals surface area contributed by atoms with E-state index in [1.807, 2.05) is 0 Å². The topological polar surface area (TPSA) is 0 Å². The first-order valence-corrected chi connectivity index (χ1v) is 6.99. The molecule has 1 aromatic carbocycles. The van der Waals surface area contributed by atoms with Crippen LogP contribution in [0.3, 0.4) is 0 Å². The zero-order valence-electron chi connectivity index (χ0n) is 9.56. The van der Waals surface area contributed by atoms with Crippen LogP contribution < -0.4 is 0 Å². The maximum Gasteiger partial charge on any atom is 0.0207 e. The normalized spacial score (nSPS) is 13.9. The molecule has 0 aromatic heterocycles. The minimum absolute atomic E-state index is 0.340. The van der Waals surface area contributed by atoms with Crippen molar-refractivity contribution in [2.45, 2.75) is 38.4 Å². The van der Waals surface area contributed by atoms with Crippen molar-refractivity contribution < 1.29 is 0 Å². The molecule has 0 N–H and O–H groups in total. The van der Waals surface area contributed by atoms with Gasteiger partial charge in [-0.05, 0) is 29.9 Å². The van der Waals surface area contributed by atoms with Gasteiger partial charge < -0.3 is 0 Å². The van der Waals surface area contributed by atoms with E-state index in [-0.39, 0.29) is 0 Å². The van der Waals surface area contributed by atoms with Gasteiger partial charge >= 0.3 is 0 Å². The summed E-state index contributed by atoms with van der Waals surface area (Å²) in [6.45, 7) is 6.86. The first-order valence-electron chi connectivity index (χ1n) is 5.28. The predicted octanol–water partition coefficient (Wildman–Crippen LogP) is 5.19. The van der Waals surface area contributed by atoms with Crippen molar-refractivity contribution in [1.82, 2.24) is 0 Å². The van der Waals surface area contributed by atoms with Gasteiger partial charge in [-0.3, -0.25) is 0 Å². The van der Waals surface area contributed by atoms with Crippen molar-refractivity contribution in [3.05, 3.63) is 34.3 Å². The smallest absolute Gasteiger partial charge is 0.0207 e. The largest absolute Gasteiger partial charge is 0.0893 e. The second-order valence-corrected chi connectivity index (χ2v) is 7.33. The van der Waals surface area contributed by atoms with Crippen molar-refractivity contribution in [1.29, 1.82) is 0 Å². The fourth-order valence-electron chi connectivity index (χ4n) is 1.99. The van der Waals surface area contributed by atoms with E-state index in [0.717, 1.165) is 6.42 Å². The van der Waals surface area contributed by atoms with Gasteiger partial charge in [-0.1, -0.05) is 70.8 Å². The molecule has 1 atom stereocenters. The second kappa shape index (κ2) is 5.49. The molecule has 1 unspecified atom stereocenters. The van der Waals surface area contributed by atoms with Crippen molar-refractivity contribution in [2.24, 2.45) is 5.41 Å². The SMILES string of the molecule is CC(Br)CC(C)(C)Cc1ccccc1Br. The molecule has 15 heavy (non-hydrogen) atoms. The number of rotatable bonds is 4.